The minimum absolute atomic E-state index is 0.0157. The zero-order valence-corrected chi connectivity index (χ0v) is 12.8. The van der Waals surface area contributed by atoms with Gasteiger partial charge in [0.25, 0.3) is 0 Å². The molecule has 0 saturated carbocycles. The van der Waals surface area contributed by atoms with Crippen molar-refractivity contribution in [3.05, 3.63) is 29.8 Å². The number of aliphatic hydroxyl groups excluding tert-OH is 1. The molecule has 118 valence electrons. The van der Waals surface area contributed by atoms with Crippen LogP contribution in [0.1, 0.15) is 37.7 Å². The van der Waals surface area contributed by atoms with E-state index >= 15 is 0 Å². The van der Waals surface area contributed by atoms with Gasteiger partial charge in [-0.05, 0) is 50.1 Å². The number of nitriles is 1. The van der Waals surface area contributed by atoms with Crippen LogP contribution in [0.4, 0.5) is 5.69 Å². The highest BCUT2D eigenvalue weighted by molar-refractivity contribution is 5.90. The molecule has 1 amide bonds. The van der Waals surface area contributed by atoms with E-state index in [-0.39, 0.29) is 12.5 Å². The maximum atomic E-state index is 12.0. The molecular weight excluding hydrogens is 278 g/mol. The number of carbonyl (C=O) groups excluding carboxylic acids is 1. The Labute approximate surface area is 131 Å². The summed E-state index contributed by atoms with van der Waals surface area (Å²) in [5.41, 5.74) is 1.30. The van der Waals surface area contributed by atoms with Gasteiger partial charge >= 0.3 is 0 Å². The molecular formula is C17H23N3O2. The minimum atomic E-state index is -0.0157. The van der Waals surface area contributed by atoms with Crippen LogP contribution in [0.2, 0.25) is 0 Å². The molecule has 1 fully saturated rings. The number of benzene rings is 1. The van der Waals surface area contributed by atoms with E-state index in [0.29, 0.717) is 18.0 Å². The molecule has 1 atom stereocenters. The fourth-order valence-corrected chi connectivity index (χ4v) is 2.93. The molecule has 1 aliphatic rings. The Hall–Kier alpha value is -1.90. The third-order valence-electron chi connectivity index (χ3n) is 4.14. The van der Waals surface area contributed by atoms with E-state index in [1.165, 1.54) is 12.8 Å². The molecule has 1 aromatic rings. The molecule has 1 heterocycles. The van der Waals surface area contributed by atoms with E-state index in [2.05, 4.69) is 16.3 Å². The lowest BCUT2D eigenvalue weighted by atomic mass is 9.99. The normalized spacial score (nSPS) is 18.6. The van der Waals surface area contributed by atoms with Gasteiger partial charge < -0.3 is 10.4 Å². The summed E-state index contributed by atoms with van der Waals surface area (Å²) >= 11 is 0. The number of amides is 1. The Morgan fingerprint density at radius 2 is 2.14 bits per heavy atom. The zero-order valence-electron chi connectivity index (χ0n) is 12.8. The van der Waals surface area contributed by atoms with Crippen LogP contribution in [0.25, 0.3) is 0 Å². The first-order valence-corrected chi connectivity index (χ1v) is 7.88. The third kappa shape index (κ3) is 4.83. The van der Waals surface area contributed by atoms with Crippen molar-refractivity contribution in [2.24, 2.45) is 0 Å². The van der Waals surface area contributed by atoms with E-state index in [4.69, 9.17) is 10.4 Å². The van der Waals surface area contributed by atoms with Crippen molar-refractivity contribution in [1.29, 1.82) is 5.26 Å². The third-order valence-corrected chi connectivity index (χ3v) is 4.14. The second kappa shape index (κ2) is 8.52. The molecule has 0 aromatic heterocycles. The highest BCUT2D eigenvalue weighted by Crippen LogP contribution is 2.19. The van der Waals surface area contributed by atoms with Gasteiger partial charge in [0, 0.05) is 31.3 Å². The Balaban J connectivity index is 1.79. The van der Waals surface area contributed by atoms with E-state index < -0.39 is 0 Å². The summed E-state index contributed by atoms with van der Waals surface area (Å²) in [6, 6.07) is 9.32. The summed E-state index contributed by atoms with van der Waals surface area (Å²) in [7, 11) is 0. The summed E-state index contributed by atoms with van der Waals surface area (Å²) in [4.78, 5) is 14.3. The quantitative estimate of drug-likeness (QED) is 0.844. The molecule has 1 aromatic carbocycles. The molecule has 2 rings (SSSR count). The molecule has 1 unspecified atom stereocenters. The lowest BCUT2D eigenvalue weighted by Gasteiger charge is -2.35. The van der Waals surface area contributed by atoms with Gasteiger partial charge in [0.05, 0.1) is 11.6 Å². The van der Waals surface area contributed by atoms with Gasteiger partial charge in [0.2, 0.25) is 5.91 Å². The standard InChI is InChI=1S/C17H23N3O2/c18-13-14-4-6-15(7-5-14)19-17(22)8-11-20-10-2-1-3-16(20)9-12-21/h4-7,16,21H,1-3,8-12H2,(H,19,22). The van der Waals surface area contributed by atoms with Gasteiger partial charge in [0.1, 0.15) is 0 Å². The number of anilines is 1. The van der Waals surface area contributed by atoms with Crippen LogP contribution in [0.3, 0.4) is 0 Å². The molecule has 0 radical (unpaired) electrons. The molecule has 0 bridgehead atoms. The van der Waals surface area contributed by atoms with Crippen molar-refractivity contribution in [3.63, 3.8) is 0 Å². The van der Waals surface area contributed by atoms with E-state index in [1.54, 1.807) is 24.3 Å². The Kier molecular flexibility index (Phi) is 6.38. The van der Waals surface area contributed by atoms with Crippen molar-refractivity contribution >= 4 is 11.6 Å². The smallest absolute Gasteiger partial charge is 0.225 e. The maximum absolute atomic E-state index is 12.0. The highest BCUT2D eigenvalue weighted by atomic mass is 16.3. The number of carbonyl (C=O) groups is 1. The van der Waals surface area contributed by atoms with Crippen molar-refractivity contribution < 1.29 is 9.90 Å². The van der Waals surface area contributed by atoms with Crippen LogP contribution in [0.5, 0.6) is 0 Å². The Morgan fingerprint density at radius 3 is 2.82 bits per heavy atom. The van der Waals surface area contributed by atoms with Gasteiger partial charge in [0.15, 0.2) is 0 Å². The summed E-state index contributed by atoms with van der Waals surface area (Å²) in [6.45, 7) is 1.94. The first-order valence-electron chi connectivity index (χ1n) is 7.88. The SMILES string of the molecule is N#Cc1ccc(NC(=O)CCN2CCCCC2CCO)cc1. The number of hydrogen-bond donors (Lipinski definition) is 2. The number of nitrogens with one attached hydrogen (secondary N) is 1. The van der Waals surface area contributed by atoms with Crippen molar-refractivity contribution in [1.82, 2.24) is 4.90 Å². The van der Waals surface area contributed by atoms with Crippen molar-refractivity contribution in [2.45, 2.75) is 38.1 Å². The fourth-order valence-electron chi connectivity index (χ4n) is 2.93. The molecule has 2 N–H and O–H groups in total. The predicted molar refractivity (Wildman–Crippen MR) is 85.3 cm³/mol. The Bertz CT molecular complexity index is 520. The monoisotopic (exact) mass is 301 g/mol. The molecule has 1 aliphatic heterocycles. The van der Waals surface area contributed by atoms with Crippen molar-refractivity contribution in [3.8, 4) is 6.07 Å². The lowest BCUT2D eigenvalue weighted by Crippen LogP contribution is -2.41. The second-order valence-electron chi connectivity index (χ2n) is 5.69. The minimum Gasteiger partial charge on any atom is -0.396 e. The van der Waals surface area contributed by atoms with Crippen LogP contribution >= 0.6 is 0 Å². The molecule has 0 spiro atoms. The van der Waals surface area contributed by atoms with Crippen LogP contribution in [0.15, 0.2) is 24.3 Å². The topological polar surface area (TPSA) is 76.4 Å². The summed E-state index contributed by atoms with van der Waals surface area (Å²) in [5.74, 6) is -0.0157. The number of rotatable bonds is 6. The summed E-state index contributed by atoms with van der Waals surface area (Å²) < 4.78 is 0. The molecule has 0 aliphatic carbocycles. The number of hydrogen-bond acceptors (Lipinski definition) is 4. The summed E-state index contributed by atoms with van der Waals surface area (Å²) in [6.07, 6.45) is 4.72. The van der Waals surface area contributed by atoms with Gasteiger partial charge in [-0.2, -0.15) is 5.26 Å². The zero-order chi connectivity index (χ0) is 15.8. The van der Waals surface area contributed by atoms with E-state index in [1.807, 2.05) is 0 Å². The fraction of sp³-hybridized carbons (Fsp3) is 0.529. The van der Waals surface area contributed by atoms with Gasteiger partial charge in [-0.15, -0.1) is 0 Å². The van der Waals surface area contributed by atoms with Crippen LogP contribution in [-0.2, 0) is 4.79 Å². The van der Waals surface area contributed by atoms with Gasteiger partial charge in [-0.3, -0.25) is 9.69 Å². The predicted octanol–water partition coefficient (Wildman–Crippen LogP) is 2.12. The molecule has 5 heteroatoms. The van der Waals surface area contributed by atoms with Gasteiger partial charge in [-0.1, -0.05) is 6.42 Å². The van der Waals surface area contributed by atoms with Gasteiger partial charge in [-0.25, -0.2) is 0 Å². The highest BCUT2D eigenvalue weighted by Gasteiger charge is 2.22. The average molecular weight is 301 g/mol. The van der Waals surface area contributed by atoms with Crippen LogP contribution in [0, 0.1) is 11.3 Å². The largest absolute Gasteiger partial charge is 0.396 e. The van der Waals surface area contributed by atoms with Crippen LogP contribution < -0.4 is 5.32 Å². The summed E-state index contributed by atoms with van der Waals surface area (Å²) in [5, 5.41) is 20.7. The van der Waals surface area contributed by atoms with Crippen molar-refractivity contribution in [2.75, 3.05) is 25.0 Å². The first kappa shape index (κ1) is 16.5. The molecule has 5 nitrogen and oxygen atoms in total. The second-order valence-corrected chi connectivity index (χ2v) is 5.69. The van der Waals surface area contributed by atoms with Crippen LogP contribution in [-0.4, -0.2) is 41.7 Å². The average Bonchev–Trinajstić information content (AvgIpc) is 2.55. The maximum Gasteiger partial charge on any atom is 0.225 e. The number of aliphatic hydroxyl groups is 1. The number of nitrogens with zero attached hydrogens (tertiary/aromatic N) is 2. The van der Waals surface area contributed by atoms with E-state index in [9.17, 15) is 4.79 Å². The molecule has 22 heavy (non-hydrogen) atoms. The first-order chi connectivity index (χ1) is 10.7. The number of piperidine rings is 1. The number of likely N-dealkylation sites (tertiary alicyclic amines) is 1. The lowest BCUT2D eigenvalue weighted by molar-refractivity contribution is -0.116. The molecule has 1 saturated heterocycles. The Morgan fingerprint density at radius 1 is 1.36 bits per heavy atom. The van der Waals surface area contributed by atoms with E-state index in [0.717, 1.165) is 31.6 Å².